The number of amides is 3. The molecule has 0 aliphatic carbocycles. The van der Waals surface area contributed by atoms with Gasteiger partial charge >= 0.3 is 0 Å². The lowest BCUT2D eigenvalue weighted by Gasteiger charge is -2.34. The Bertz CT molecular complexity index is 1480. The van der Waals surface area contributed by atoms with Gasteiger partial charge in [0.25, 0.3) is 11.8 Å². The molecular formula is C24H22N10O3. The van der Waals surface area contributed by atoms with E-state index < -0.39 is 11.9 Å². The SMILES string of the molecule is O=C1NCCn2nc(C(=O)N3Cc4nccnc4CC3C(=O)NCc3ccc(-n4ccnn4)cc3)cc21. The van der Waals surface area contributed by atoms with Crippen molar-refractivity contribution in [2.45, 2.75) is 32.1 Å². The molecule has 3 aromatic heterocycles. The lowest BCUT2D eigenvalue weighted by molar-refractivity contribution is -0.126. The molecule has 4 aromatic rings. The Balaban J connectivity index is 1.21. The van der Waals surface area contributed by atoms with Crippen LogP contribution in [0.3, 0.4) is 0 Å². The number of fused-ring (bicyclic) bond motifs is 2. The number of carbonyl (C=O) groups is 3. The molecule has 3 amide bonds. The number of rotatable bonds is 5. The van der Waals surface area contributed by atoms with Gasteiger partial charge in [0.05, 0.1) is 42.6 Å². The van der Waals surface area contributed by atoms with Gasteiger partial charge in [-0.25, -0.2) is 4.68 Å². The van der Waals surface area contributed by atoms with E-state index in [1.54, 1.807) is 29.5 Å². The highest BCUT2D eigenvalue weighted by Crippen LogP contribution is 2.23. The van der Waals surface area contributed by atoms with Crippen molar-refractivity contribution < 1.29 is 14.4 Å². The lowest BCUT2D eigenvalue weighted by atomic mass is 10.0. The van der Waals surface area contributed by atoms with Crippen molar-refractivity contribution in [3.63, 3.8) is 0 Å². The molecule has 6 rings (SSSR count). The van der Waals surface area contributed by atoms with Crippen molar-refractivity contribution in [1.29, 1.82) is 0 Å². The Morgan fingerprint density at radius 1 is 1.08 bits per heavy atom. The van der Waals surface area contributed by atoms with Crippen LogP contribution in [0.1, 0.15) is 37.9 Å². The van der Waals surface area contributed by atoms with Gasteiger partial charge in [0.15, 0.2) is 5.69 Å². The highest BCUT2D eigenvalue weighted by molar-refractivity contribution is 6.00. The average molecular weight is 499 g/mol. The highest BCUT2D eigenvalue weighted by atomic mass is 16.2. The van der Waals surface area contributed by atoms with Gasteiger partial charge in [-0.2, -0.15) is 5.10 Å². The summed E-state index contributed by atoms with van der Waals surface area (Å²) in [5.41, 5.74) is 3.47. The molecule has 37 heavy (non-hydrogen) atoms. The third-order valence-electron chi connectivity index (χ3n) is 6.44. The van der Waals surface area contributed by atoms with Crippen LogP contribution in [0.15, 0.2) is 55.1 Å². The second kappa shape index (κ2) is 9.26. The summed E-state index contributed by atoms with van der Waals surface area (Å²) in [5, 5.41) is 17.8. The zero-order valence-electron chi connectivity index (χ0n) is 19.6. The first-order valence-corrected chi connectivity index (χ1v) is 11.8. The van der Waals surface area contributed by atoms with Gasteiger partial charge in [0, 0.05) is 38.0 Å². The van der Waals surface area contributed by atoms with Crippen molar-refractivity contribution in [1.82, 2.24) is 50.3 Å². The van der Waals surface area contributed by atoms with E-state index in [9.17, 15) is 14.4 Å². The van der Waals surface area contributed by atoms with Crippen LogP contribution < -0.4 is 10.6 Å². The molecule has 0 saturated heterocycles. The van der Waals surface area contributed by atoms with Crippen molar-refractivity contribution in [3.05, 3.63) is 83.5 Å². The normalized spacial score (nSPS) is 16.5. The Morgan fingerprint density at radius 2 is 1.89 bits per heavy atom. The van der Waals surface area contributed by atoms with Crippen molar-refractivity contribution in [2.75, 3.05) is 6.54 Å². The predicted molar refractivity (Wildman–Crippen MR) is 127 cm³/mol. The molecule has 0 bridgehead atoms. The van der Waals surface area contributed by atoms with Gasteiger partial charge < -0.3 is 15.5 Å². The standard InChI is InChI=1S/C24H22N10O3/c35-22(28-13-15-1-3-16(4-2-15)33-10-8-29-31-33)20-11-17-19(26-6-5-25-17)14-32(20)24(37)18-12-21-23(36)27-7-9-34(21)30-18/h1-6,8,10,12,20H,7,9,11,13-14H2,(H,27,36)(H,28,35). The first-order valence-electron chi connectivity index (χ1n) is 11.8. The van der Waals surface area contributed by atoms with Crippen LogP contribution in [0.5, 0.6) is 0 Å². The molecule has 0 saturated carbocycles. The Hall–Kier alpha value is -4.94. The molecule has 1 unspecified atom stereocenters. The summed E-state index contributed by atoms with van der Waals surface area (Å²) < 4.78 is 3.16. The number of nitrogens with zero attached hydrogens (tertiary/aromatic N) is 8. The molecule has 0 radical (unpaired) electrons. The van der Waals surface area contributed by atoms with Crippen LogP contribution in [0, 0.1) is 0 Å². The van der Waals surface area contributed by atoms with Gasteiger partial charge in [-0.15, -0.1) is 5.10 Å². The molecule has 2 N–H and O–H groups in total. The minimum absolute atomic E-state index is 0.112. The molecule has 13 heteroatoms. The fraction of sp³-hybridized carbons (Fsp3) is 0.250. The van der Waals surface area contributed by atoms with E-state index >= 15 is 0 Å². The van der Waals surface area contributed by atoms with Gasteiger partial charge in [-0.05, 0) is 17.7 Å². The number of aromatic nitrogens is 7. The molecular weight excluding hydrogens is 476 g/mol. The van der Waals surface area contributed by atoms with Crippen molar-refractivity contribution in [3.8, 4) is 5.69 Å². The average Bonchev–Trinajstić information content (AvgIpc) is 3.62. The second-order valence-corrected chi connectivity index (χ2v) is 8.73. The number of benzene rings is 1. The maximum absolute atomic E-state index is 13.5. The van der Waals surface area contributed by atoms with E-state index in [2.05, 4.69) is 36.0 Å². The predicted octanol–water partition coefficient (Wildman–Crippen LogP) is -0.119. The summed E-state index contributed by atoms with van der Waals surface area (Å²) in [4.78, 5) is 49.2. The van der Waals surface area contributed by atoms with E-state index in [1.807, 2.05) is 24.3 Å². The number of nitrogens with one attached hydrogen (secondary N) is 2. The van der Waals surface area contributed by atoms with Crippen LogP contribution in [0.25, 0.3) is 5.69 Å². The van der Waals surface area contributed by atoms with E-state index in [-0.39, 0.29) is 37.0 Å². The summed E-state index contributed by atoms with van der Waals surface area (Å²) in [6, 6.07) is 8.21. The molecule has 2 aliphatic heterocycles. The quantitative estimate of drug-likeness (QED) is 0.386. The smallest absolute Gasteiger partial charge is 0.275 e. The summed E-state index contributed by atoms with van der Waals surface area (Å²) in [5.74, 6) is -1.04. The Labute approximate surface area is 210 Å². The minimum Gasteiger partial charge on any atom is -0.350 e. The molecule has 1 atom stereocenters. The van der Waals surface area contributed by atoms with E-state index in [0.717, 1.165) is 11.3 Å². The third-order valence-corrected chi connectivity index (χ3v) is 6.44. The molecule has 186 valence electrons. The number of carbonyl (C=O) groups excluding carboxylic acids is 3. The van der Waals surface area contributed by atoms with Crippen molar-refractivity contribution >= 4 is 17.7 Å². The molecule has 2 aliphatic rings. The molecule has 1 aromatic carbocycles. The van der Waals surface area contributed by atoms with E-state index in [4.69, 9.17) is 0 Å². The zero-order chi connectivity index (χ0) is 25.4. The molecule has 13 nitrogen and oxygen atoms in total. The van der Waals surface area contributed by atoms with Crippen LogP contribution in [0.4, 0.5) is 0 Å². The van der Waals surface area contributed by atoms with Gasteiger partial charge in [-0.3, -0.25) is 29.0 Å². The van der Waals surface area contributed by atoms with Crippen LogP contribution in [-0.4, -0.2) is 70.0 Å². The Kier molecular flexibility index (Phi) is 5.63. The van der Waals surface area contributed by atoms with Crippen LogP contribution in [-0.2, 0) is 30.8 Å². The first kappa shape index (κ1) is 22.5. The fourth-order valence-corrected chi connectivity index (χ4v) is 4.52. The largest absolute Gasteiger partial charge is 0.350 e. The van der Waals surface area contributed by atoms with Gasteiger partial charge in [-0.1, -0.05) is 17.3 Å². The van der Waals surface area contributed by atoms with E-state index in [0.29, 0.717) is 30.2 Å². The lowest BCUT2D eigenvalue weighted by Crippen LogP contribution is -2.53. The zero-order valence-corrected chi connectivity index (χ0v) is 19.6. The summed E-state index contributed by atoms with van der Waals surface area (Å²) >= 11 is 0. The maximum Gasteiger partial charge on any atom is 0.275 e. The first-order chi connectivity index (χ1) is 18.1. The number of hydrogen-bond donors (Lipinski definition) is 2. The van der Waals surface area contributed by atoms with Crippen LogP contribution >= 0.6 is 0 Å². The maximum atomic E-state index is 13.5. The third kappa shape index (κ3) is 4.30. The fourth-order valence-electron chi connectivity index (χ4n) is 4.52. The molecule has 0 spiro atoms. The minimum atomic E-state index is -0.807. The van der Waals surface area contributed by atoms with Crippen molar-refractivity contribution in [2.24, 2.45) is 0 Å². The van der Waals surface area contributed by atoms with E-state index in [1.165, 1.54) is 15.6 Å². The second-order valence-electron chi connectivity index (χ2n) is 8.73. The number of hydrogen-bond acceptors (Lipinski definition) is 8. The van der Waals surface area contributed by atoms with Crippen LogP contribution in [0.2, 0.25) is 0 Å². The summed E-state index contributed by atoms with van der Waals surface area (Å²) in [7, 11) is 0. The summed E-state index contributed by atoms with van der Waals surface area (Å²) in [6.45, 7) is 1.31. The highest BCUT2D eigenvalue weighted by Gasteiger charge is 2.37. The Morgan fingerprint density at radius 3 is 2.65 bits per heavy atom. The molecule has 5 heterocycles. The topological polar surface area (TPSA) is 153 Å². The van der Waals surface area contributed by atoms with Gasteiger partial charge in [0.1, 0.15) is 11.7 Å². The molecule has 0 fully saturated rings. The van der Waals surface area contributed by atoms with Gasteiger partial charge in [0.2, 0.25) is 5.91 Å². The monoisotopic (exact) mass is 498 g/mol. The summed E-state index contributed by atoms with van der Waals surface area (Å²) in [6.07, 6.45) is 6.70.